The lowest BCUT2D eigenvalue weighted by Crippen LogP contribution is -2.12. The summed E-state index contributed by atoms with van der Waals surface area (Å²) < 4.78 is 16.3. The molecule has 0 saturated heterocycles. The molecule has 0 saturated carbocycles. The smallest absolute Gasteiger partial charge is 0.313 e. The van der Waals surface area contributed by atoms with Gasteiger partial charge < -0.3 is 13.9 Å². The third kappa shape index (κ3) is 16.9. The zero-order chi connectivity index (χ0) is 27.8. The van der Waals surface area contributed by atoms with Crippen LogP contribution in [0.3, 0.4) is 0 Å². The van der Waals surface area contributed by atoms with Crippen molar-refractivity contribution in [3.63, 3.8) is 0 Å². The minimum atomic E-state index is -0.543. The van der Waals surface area contributed by atoms with E-state index >= 15 is 0 Å². The van der Waals surface area contributed by atoms with Gasteiger partial charge in [-0.15, -0.1) is 0 Å². The third-order valence-corrected chi connectivity index (χ3v) is 7.15. The van der Waals surface area contributed by atoms with Crippen LogP contribution in [0.1, 0.15) is 139 Å². The van der Waals surface area contributed by atoms with Gasteiger partial charge in [0.05, 0.1) is 13.2 Å². The van der Waals surface area contributed by atoms with Crippen LogP contribution < -0.4 is 4.74 Å². The van der Waals surface area contributed by atoms with Gasteiger partial charge in [0.25, 0.3) is 5.95 Å². The third-order valence-electron chi connectivity index (χ3n) is 7.15. The molecule has 0 aliphatic carbocycles. The quantitative estimate of drug-likeness (QED) is 0.0543. The molecular weight excluding hydrogens is 488 g/mol. The molecule has 0 aliphatic heterocycles. The minimum Gasteiger partial charge on any atom is -0.465 e. The second-order valence-corrected chi connectivity index (χ2v) is 10.7. The predicted molar refractivity (Wildman–Crippen MR) is 158 cm³/mol. The first kappa shape index (κ1) is 32.7. The topological polar surface area (TPSA) is 65.7 Å². The number of rotatable bonds is 25. The summed E-state index contributed by atoms with van der Waals surface area (Å²) >= 11 is 0. The van der Waals surface area contributed by atoms with E-state index in [1.54, 1.807) is 12.1 Å². The zero-order valence-corrected chi connectivity index (χ0v) is 24.4. The van der Waals surface area contributed by atoms with Crippen molar-refractivity contribution in [3.8, 4) is 5.95 Å². The highest BCUT2D eigenvalue weighted by Gasteiger charge is 2.17. The molecule has 0 radical (unpaired) electrons. The van der Waals surface area contributed by atoms with Crippen molar-refractivity contribution in [3.05, 3.63) is 53.8 Å². The molecular formula is C34H52O5. The summed E-state index contributed by atoms with van der Waals surface area (Å²) in [5, 5.41) is 0. The molecule has 2 rings (SSSR count). The van der Waals surface area contributed by atoms with E-state index in [9.17, 15) is 9.59 Å². The molecule has 2 aromatic rings. The Labute approximate surface area is 237 Å². The van der Waals surface area contributed by atoms with Crippen molar-refractivity contribution < 1.29 is 23.5 Å². The Morgan fingerprint density at radius 3 is 1.74 bits per heavy atom. The Bertz CT molecular complexity index is 873. The molecule has 0 atom stereocenters. The van der Waals surface area contributed by atoms with Crippen LogP contribution in [-0.2, 0) is 16.0 Å². The lowest BCUT2D eigenvalue weighted by atomic mass is 10.0. The number of benzene rings is 1. The highest BCUT2D eigenvalue weighted by molar-refractivity contribution is 6.04. The number of Topliss-reactive ketones (excluding diaryl/α,β-unsaturated/α-hetero) is 1. The van der Waals surface area contributed by atoms with Crippen LogP contribution in [0.4, 0.5) is 0 Å². The molecule has 1 aromatic heterocycles. The molecule has 0 fully saturated rings. The van der Waals surface area contributed by atoms with Gasteiger partial charge in [-0.3, -0.25) is 9.59 Å². The summed E-state index contributed by atoms with van der Waals surface area (Å²) in [7, 11) is 0. The van der Waals surface area contributed by atoms with Crippen LogP contribution in [0.25, 0.3) is 0 Å². The van der Waals surface area contributed by atoms with E-state index in [2.05, 4.69) is 6.92 Å². The Kier molecular flexibility index (Phi) is 18.6. The molecule has 0 amide bonds. The molecule has 5 nitrogen and oxygen atoms in total. The van der Waals surface area contributed by atoms with Crippen LogP contribution in [0.15, 0.2) is 46.9 Å². The Hall–Kier alpha value is -2.56. The van der Waals surface area contributed by atoms with Crippen molar-refractivity contribution in [1.82, 2.24) is 0 Å². The summed E-state index contributed by atoms with van der Waals surface area (Å²) in [5.74, 6) is -0.481. The van der Waals surface area contributed by atoms with Gasteiger partial charge in [-0.05, 0) is 18.1 Å². The lowest BCUT2D eigenvalue weighted by Gasteiger charge is -2.05. The van der Waals surface area contributed by atoms with E-state index in [0.29, 0.717) is 19.0 Å². The average molecular weight is 541 g/mol. The molecule has 5 heteroatoms. The van der Waals surface area contributed by atoms with Gasteiger partial charge >= 0.3 is 5.97 Å². The summed E-state index contributed by atoms with van der Waals surface area (Å²) in [5.41, 5.74) is 1.09. The number of hydrogen-bond acceptors (Lipinski definition) is 5. The standard InChI is InChI=1S/C34H52O5/c1-2-3-4-5-6-7-8-9-10-11-12-13-14-15-16-17-21-27-38-34-25-24-32(39-34)31(35)29-33(36)37-28-26-30-22-19-18-20-23-30/h18-20,22-25H,2-17,21,26-29H2,1H3. The first-order valence-electron chi connectivity index (χ1n) is 15.6. The number of carbonyl (C=O) groups excluding carboxylic acids is 2. The molecule has 1 aromatic carbocycles. The molecule has 0 spiro atoms. The van der Waals surface area contributed by atoms with Crippen LogP contribution >= 0.6 is 0 Å². The maximum atomic E-state index is 12.3. The monoisotopic (exact) mass is 540 g/mol. The van der Waals surface area contributed by atoms with E-state index in [1.807, 2.05) is 30.3 Å². The summed E-state index contributed by atoms with van der Waals surface area (Å²) in [6.45, 7) is 3.10. The number of ether oxygens (including phenoxy) is 2. The summed E-state index contributed by atoms with van der Waals surface area (Å²) in [6.07, 6.45) is 23.1. The molecule has 0 N–H and O–H groups in total. The highest BCUT2D eigenvalue weighted by Crippen LogP contribution is 2.19. The zero-order valence-electron chi connectivity index (χ0n) is 24.4. The van der Waals surface area contributed by atoms with Crippen LogP contribution in [-0.4, -0.2) is 25.0 Å². The van der Waals surface area contributed by atoms with Crippen LogP contribution in [0.5, 0.6) is 5.95 Å². The van der Waals surface area contributed by atoms with E-state index in [-0.39, 0.29) is 18.8 Å². The molecule has 0 aliphatic rings. The maximum Gasteiger partial charge on any atom is 0.313 e. The Morgan fingerprint density at radius 2 is 1.18 bits per heavy atom. The number of carbonyl (C=O) groups is 2. The van der Waals surface area contributed by atoms with E-state index in [0.717, 1.165) is 18.4 Å². The fraction of sp³-hybridized carbons (Fsp3) is 0.647. The molecule has 0 bridgehead atoms. The summed E-state index contributed by atoms with van der Waals surface area (Å²) in [4.78, 5) is 24.3. The fourth-order valence-electron chi connectivity index (χ4n) is 4.74. The van der Waals surface area contributed by atoms with Gasteiger partial charge in [-0.1, -0.05) is 140 Å². The highest BCUT2D eigenvalue weighted by atomic mass is 16.6. The van der Waals surface area contributed by atoms with Gasteiger partial charge in [0, 0.05) is 12.5 Å². The van der Waals surface area contributed by atoms with Gasteiger partial charge in [-0.2, -0.15) is 0 Å². The number of hydrogen-bond donors (Lipinski definition) is 0. The van der Waals surface area contributed by atoms with E-state index in [1.165, 1.54) is 96.3 Å². The second kappa shape index (κ2) is 22.3. The number of furan rings is 1. The van der Waals surface area contributed by atoms with Crippen LogP contribution in [0, 0.1) is 0 Å². The molecule has 0 unspecified atom stereocenters. The van der Waals surface area contributed by atoms with Crippen molar-refractivity contribution >= 4 is 11.8 Å². The van der Waals surface area contributed by atoms with E-state index in [4.69, 9.17) is 13.9 Å². The number of ketones is 1. The van der Waals surface area contributed by atoms with E-state index < -0.39 is 11.8 Å². The summed E-state index contributed by atoms with van der Waals surface area (Å²) in [6, 6.07) is 13.0. The van der Waals surface area contributed by atoms with Crippen molar-refractivity contribution in [2.75, 3.05) is 13.2 Å². The Morgan fingerprint density at radius 1 is 0.641 bits per heavy atom. The average Bonchev–Trinajstić information content (AvgIpc) is 3.42. The lowest BCUT2D eigenvalue weighted by molar-refractivity contribution is -0.142. The van der Waals surface area contributed by atoms with Gasteiger partial charge in [0.15, 0.2) is 5.76 Å². The van der Waals surface area contributed by atoms with Gasteiger partial charge in [0.1, 0.15) is 6.42 Å². The normalized spacial score (nSPS) is 11.0. The predicted octanol–water partition coefficient (Wildman–Crippen LogP) is 9.67. The second-order valence-electron chi connectivity index (χ2n) is 10.7. The van der Waals surface area contributed by atoms with Crippen molar-refractivity contribution in [1.29, 1.82) is 0 Å². The number of unbranched alkanes of at least 4 members (excludes halogenated alkanes) is 16. The molecule has 218 valence electrons. The number of esters is 1. The van der Waals surface area contributed by atoms with Crippen molar-refractivity contribution in [2.24, 2.45) is 0 Å². The molecule has 39 heavy (non-hydrogen) atoms. The minimum absolute atomic E-state index is 0.132. The van der Waals surface area contributed by atoms with Gasteiger partial charge in [0.2, 0.25) is 5.78 Å². The largest absolute Gasteiger partial charge is 0.465 e. The first-order valence-corrected chi connectivity index (χ1v) is 15.6. The SMILES string of the molecule is CCCCCCCCCCCCCCCCCCCOc1ccc(C(=O)CC(=O)OCCc2ccccc2)o1. The first-order chi connectivity index (χ1) is 19.2. The van der Waals surface area contributed by atoms with Crippen LogP contribution in [0.2, 0.25) is 0 Å². The molecule has 1 heterocycles. The maximum absolute atomic E-state index is 12.3. The van der Waals surface area contributed by atoms with Gasteiger partial charge in [-0.25, -0.2) is 0 Å². The fourth-order valence-corrected chi connectivity index (χ4v) is 4.74. The Balaban J connectivity index is 1.38. The van der Waals surface area contributed by atoms with Crippen molar-refractivity contribution in [2.45, 2.75) is 129 Å².